The average molecular weight is 377 g/mol. The summed E-state index contributed by atoms with van der Waals surface area (Å²) in [6, 6.07) is 11.1. The van der Waals surface area contributed by atoms with E-state index < -0.39 is 5.97 Å². The van der Waals surface area contributed by atoms with Gasteiger partial charge in [-0.2, -0.15) is 0 Å². The van der Waals surface area contributed by atoms with Crippen LogP contribution in [-0.4, -0.2) is 23.3 Å². The minimum Gasteiger partial charge on any atom is -0.452 e. The molecule has 3 rings (SSSR count). The minimum absolute atomic E-state index is 0.0830. The molecule has 0 saturated heterocycles. The summed E-state index contributed by atoms with van der Waals surface area (Å²) >= 11 is 0. The van der Waals surface area contributed by atoms with Crippen molar-refractivity contribution in [3.8, 4) is 11.5 Å². The zero-order valence-electron chi connectivity index (χ0n) is 16.8. The number of rotatable bonds is 5. The van der Waals surface area contributed by atoms with Gasteiger partial charge in [-0.15, -0.1) is 0 Å². The van der Waals surface area contributed by atoms with E-state index in [1.54, 1.807) is 6.92 Å². The molecule has 3 aromatic rings. The smallest absolute Gasteiger partial charge is 0.361 e. The molecule has 0 aliphatic carbocycles. The first kappa shape index (κ1) is 19.5. The van der Waals surface area contributed by atoms with Gasteiger partial charge in [0.15, 0.2) is 12.3 Å². The highest BCUT2D eigenvalue weighted by molar-refractivity contribution is 6.00. The van der Waals surface area contributed by atoms with Crippen molar-refractivity contribution in [1.29, 1.82) is 0 Å². The lowest BCUT2D eigenvalue weighted by atomic mass is 9.93. The molecular weight excluding hydrogens is 354 g/mol. The fourth-order valence-corrected chi connectivity index (χ4v) is 3.07. The van der Waals surface area contributed by atoms with Crippen LogP contribution in [0.15, 0.2) is 40.8 Å². The van der Waals surface area contributed by atoms with Crippen LogP contribution in [0.25, 0.3) is 11.5 Å². The maximum atomic E-state index is 12.6. The third-order valence-corrected chi connectivity index (χ3v) is 5.13. The number of ketones is 1. The number of oxazole rings is 1. The lowest BCUT2D eigenvalue weighted by Gasteiger charge is -2.13. The highest BCUT2D eigenvalue weighted by Crippen LogP contribution is 2.23. The minimum atomic E-state index is -0.671. The van der Waals surface area contributed by atoms with Gasteiger partial charge in [-0.1, -0.05) is 18.2 Å². The molecular formula is C23H23NO4. The van der Waals surface area contributed by atoms with Crippen molar-refractivity contribution in [1.82, 2.24) is 4.98 Å². The van der Waals surface area contributed by atoms with Crippen molar-refractivity contribution in [2.24, 2.45) is 0 Å². The van der Waals surface area contributed by atoms with Gasteiger partial charge in [0.1, 0.15) is 5.76 Å². The van der Waals surface area contributed by atoms with Gasteiger partial charge in [0.05, 0.1) is 0 Å². The highest BCUT2D eigenvalue weighted by atomic mass is 16.5. The number of nitrogens with zero attached hydrogens (tertiary/aromatic N) is 1. The number of aryl methyl sites for hydroxylation is 2. The van der Waals surface area contributed by atoms with Crippen molar-refractivity contribution < 1.29 is 18.7 Å². The molecule has 1 aromatic heterocycles. The number of aromatic nitrogens is 1. The molecule has 0 fully saturated rings. The standard InChI is InChI=1S/C23H23NO4/c1-13-11-19(16(4)15(3)14(13)2)20(25)12-27-23(26)21-17(5)28-22(24-21)18-9-7-6-8-10-18/h6-11H,12H2,1-5H3. The van der Waals surface area contributed by atoms with Crippen molar-refractivity contribution >= 4 is 11.8 Å². The second kappa shape index (κ2) is 7.80. The Morgan fingerprint density at radius 3 is 2.32 bits per heavy atom. The van der Waals surface area contributed by atoms with Crippen LogP contribution in [0.2, 0.25) is 0 Å². The fourth-order valence-electron chi connectivity index (χ4n) is 3.07. The van der Waals surface area contributed by atoms with E-state index in [2.05, 4.69) is 4.98 Å². The predicted octanol–water partition coefficient (Wildman–Crippen LogP) is 4.92. The van der Waals surface area contributed by atoms with Crippen molar-refractivity contribution in [3.05, 3.63) is 75.7 Å². The molecule has 28 heavy (non-hydrogen) atoms. The Kier molecular flexibility index (Phi) is 5.45. The lowest BCUT2D eigenvalue weighted by Crippen LogP contribution is -2.17. The Labute approximate surface area is 164 Å². The van der Waals surface area contributed by atoms with Gasteiger partial charge in [-0.25, -0.2) is 9.78 Å². The lowest BCUT2D eigenvalue weighted by molar-refractivity contribution is 0.0467. The van der Waals surface area contributed by atoms with E-state index in [9.17, 15) is 9.59 Å². The molecule has 0 amide bonds. The fraction of sp³-hybridized carbons (Fsp3) is 0.261. The zero-order valence-corrected chi connectivity index (χ0v) is 16.8. The number of Topliss-reactive ketones (excluding diaryl/α,β-unsaturated/α-hetero) is 1. The van der Waals surface area contributed by atoms with Gasteiger partial charge >= 0.3 is 5.97 Å². The summed E-state index contributed by atoms with van der Waals surface area (Å²) in [7, 11) is 0. The van der Waals surface area contributed by atoms with E-state index >= 15 is 0 Å². The van der Waals surface area contributed by atoms with E-state index in [0.29, 0.717) is 17.2 Å². The summed E-state index contributed by atoms with van der Waals surface area (Å²) in [6.07, 6.45) is 0. The molecule has 5 nitrogen and oxygen atoms in total. The third kappa shape index (κ3) is 3.74. The summed E-state index contributed by atoms with van der Waals surface area (Å²) in [5.41, 5.74) is 5.62. The zero-order chi connectivity index (χ0) is 20.4. The van der Waals surface area contributed by atoms with Crippen LogP contribution in [0.4, 0.5) is 0 Å². The molecule has 2 aromatic carbocycles. The quantitative estimate of drug-likeness (QED) is 0.466. The van der Waals surface area contributed by atoms with Crippen LogP contribution in [0.5, 0.6) is 0 Å². The number of hydrogen-bond donors (Lipinski definition) is 0. The highest BCUT2D eigenvalue weighted by Gasteiger charge is 2.21. The Morgan fingerprint density at radius 1 is 0.964 bits per heavy atom. The van der Waals surface area contributed by atoms with E-state index in [-0.39, 0.29) is 18.1 Å². The summed E-state index contributed by atoms with van der Waals surface area (Å²) in [6.45, 7) is 9.20. The van der Waals surface area contributed by atoms with Crippen molar-refractivity contribution in [3.63, 3.8) is 0 Å². The molecule has 0 radical (unpaired) electrons. The topological polar surface area (TPSA) is 69.4 Å². The molecule has 0 saturated carbocycles. The molecule has 1 heterocycles. The van der Waals surface area contributed by atoms with Crippen LogP contribution in [0.3, 0.4) is 0 Å². The number of esters is 1. The number of benzene rings is 2. The average Bonchev–Trinajstić information content (AvgIpc) is 3.09. The van der Waals surface area contributed by atoms with E-state index in [0.717, 1.165) is 27.8 Å². The van der Waals surface area contributed by atoms with Crippen LogP contribution >= 0.6 is 0 Å². The van der Waals surface area contributed by atoms with Crippen LogP contribution in [-0.2, 0) is 4.74 Å². The molecule has 0 aliphatic rings. The van der Waals surface area contributed by atoms with Gasteiger partial charge < -0.3 is 9.15 Å². The Hall–Kier alpha value is -3.21. The SMILES string of the molecule is Cc1cc(C(=O)COC(=O)c2nc(-c3ccccc3)oc2C)c(C)c(C)c1C. The van der Waals surface area contributed by atoms with E-state index in [1.807, 2.05) is 64.1 Å². The summed E-state index contributed by atoms with van der Waals surface area (Å²) in [5.74, 6) is -0.206. The molecule has 0 aliphatic heterocycles. The van der Waals surface area contributed by atoms with Gasteiger partial charge in [0.2, 0.25) is 11.7 Å². The monoisotopic (exact) mass is 377 g/mol. The number of carbonyl (C=O) groups is 2. The summed E-state index contributed by atoms with van der Waals surface area (Å²) < 4.78 is 10.8. The van der Waals surface area contributed by atoms with E-state index in [1.165, 1.54) is 0 Å². The van der Waals surface area contributed by atoms with Crippen LogP contribution < -0.4 is 0 Å². The van der Waals surface area contributed by atoms with Gasteiger partial charge in [0, 0.05) is 11.1 Å². The molecule has 0 atom stereocenters. The second-order valence-corrected chi connectivity index (χ2v) is 6.91. The molecule has 0 bridgehead atoms. The summed E-state index contributed by atoms with van der Waals surface area (Å²) in [5, 5.41) is 0. The van der Waals surface area contributed by atoms with Crippen LogP contribution in [0.1, 0.15) is 48.9 Å². The molecule has 5 heteroatoms. The number of hydrogen-bond acceptors (Lipinski definition) is 5. The Balaban J connectivity index is 1.75. The predicted molar refractivity (Wildman–Crippen MR) is 107 cm³/mol. The molecule has 0 unspecified atom stereocenters. The number of carbonyl (C=O) groups excluding carboxylic acids is 2. The van der Waals surface area contributed by atoms with Crippen LogP contribution in [0, 0.1) is 34.6 Å². The van der Waals surface area contributed by atoms with Gasteiger partial charge in [-0.05, 0) is 75.1 Å². The van der Waals surface area contributed by atoms with E-state index in [4.69, 9.17) is 9.15 Å². The Morgan fingerprint density at radius 2 is 1.64 bits per heavy atom. The molecule has 0 N–H and O–H groups in total. The first-order valence-electron chi connectivity index (χ1n) is 9.10. The largest absolute Gasteiger partial charge is 0.452 e. The Bertz CT molecular complexity index is 1050. The molecule has 0 spiro atoms. The first-order chi connectivity index (χ1) is 13.3. The van der Waals surface area contributed by atoms with Crippen molar-refractivity contribution in [2.75, 3.05) is 6.61 Å². The van der Waals surface area contributed by atoms with Gasteiger partial charge in [-0.3, -0.25) is 4.79 Å². The first-order valence-corrected chi connectivity index (χ1v) is 9.10. The second-order valence-electron chi connectivity index (χ2n) is 6.91. The third-order valence-electron chi connectivity index (χ3n) is 5.13. The summed E-state index contributed by atoms with van der Waals surface area (Å²) in [4.78, 5) is 29.3. The van der Waals surface area contributed by atoms with Crippen molar-refractivity contribution in [2.45, 2.75) is 34.6 Å². The maximum Gasteiger partial charge on any atom is 0.361 e. The number of ether oxygens (including phenoxy) is 1. The normalized spacial score (nSPS) is 10.8. The van der Waals surface area contributed by atoms with Gasteiger partial charge in [0.25, 0.3) is 0 Å². The molecule has 144 valence electrons. The maximum absolute atomic E-state index is 12.6.